The van der Waals surface area contributed by atoms with Crippen molar-refractivity contribution in [2.24, 2.45) is 11.1 Å². The lowest BCUT2D eigenvalue weighted by Crippen LogP contribution is -2.27. The summed E-state index contributed by atoms with van der Waals surface area (Å²) >= 11 is 3.17. The summed E-state index contributed by atoms with van der Waals surface area (Å²) in [5.74, 6) is -0.00165. The Balaban J connectivity index is 3.25. The molecule has 1 rings (SSSR count). The topological polar surface area (TPSA) is 98.5 Å². The molecule has 0 aliphatic rings. The fourth-order valence-electron chi connectivity index (χ4n) is 1.51. The number of nitrogens with two attached hydrogens (primary N) is 1. The van der Waals surface area contributed by atoms with Gasteiger partial charge in [-0.25, -0.2) is 13.6 Å². The van der Waals surface area contributed by atoms with E-state index in [1.54, 1.807) is 0 Å². The third-order valence-corrected chi connectivity index (χ3v) is 3.96. The van der Waals surface area contributed by atoms with Crippen molar-refractivity contribution in [3.8, 4) is 5.75 Å². The summed E-state index contributed by atoms with van der Waals surface area (Å²) in [5.41, 5.74) is 0.197. The highest BCUT2D eigenvalue weighted by Gasteiger charge is 2.21. The Bertz CT molecular complexity index is 614. The first-order valence-electron chi connectivity index (χ1n) is 5.85. The number of primary sulfonamides is 1. The SMILES string of the molecule is COc1c(Br)cc(C(=O)NCC(C)C)cc1S(N)(=O)=O. The minimum Gasteiger partial charge on any atom is -0.494 e. The number of carbonyl (C=O) groups is 1. The number of hydrogen-bond donors (Lipinski definition) is 2. The van der Waals surface area contributed by atoms with Crippen LogP contribution >= 0.6 is 15.9 Å². The van der Waals surface area contributed by atoms with Gasteiger partial charge in [0.15, 0.2) is 5.75 Å². The van der Waals surface area contributed by atoms with Crippen LogP contribution in [0, 0.1) is 5.92 Å². The maximum Gasteiger partial charge on any atom is 0.251 e. The quantitative estimate of drug-likeness (QED) is 0.826. The summed E-state index contributed by atoms with van der Waals surface area (Å²) in [7, 11) is -2.66. The number of ether oxygens (including phenoxy) is 1. The molecular formula is C12H17BrN2O4S. The number of amides is 1. The molecule has 0 aromatic heterocycles. The second kappa shape index (κ2) is 6.55. The molecule has 20 heavy (non-hydrogen) atoms. The second-order valence-corrected chi connectivity index (χ2v) is 7.02. The van der Waals surface area contributed by atoms with E-state index in [1.165, 1.54) is 19.2 Å². The maximum atomic E-state index is 12.0. The van der Waals surface area contributed by atoms with Crippen LogP contribution in [0.5, 0.6) is 5.75 Å². The molecule has 0 saturated carbocycles. The Labute approximate surface area is 126 Å². The highest BCUT2D eigenvalue weighted by Crippen LogP contribution is 2.33. The van der Waals surface area contributed by atoms with Crippen molar-refractivity contribution in [3.63, 3.8) is 0 Å². The number of rotatable bonds is 5. The first-order chi connectivity index (χ1) is 9.16. The highest BCUT2D eigenvalue weighted by atomic mass is 79.9. The molecule has 8 heteroatoms. The van der Waals surface area contributed by atoms with Gasteiger partial charge in [-0.1, -0.05) is 13.8 Å². The molecule has 0 unspecified atom stereocenters. The van der Waals surface area contributed by atoms with Crippen LogP contribution in [0.1, 0.15) is 24.2 Å². The van der Waals surface area contributed by atoms with E-state index in [0.29, 0.717) is 16.9 Å². The van der Waals surface area contributed by atoms with Crippen molar-refractivity contribution in [3.05, 3.63) is 22.2 Å². The minimum atomic E-state index is -3.99. The lowest BCUT2D eigenvalue weighted by atomic mass is 10.2. The Hall–Kier alpha value is -1.12. The van der Waals surface area contributed by atoms with E-state index in [2.05, 4.69) is 21.2 Å². The van der Waals surface area contributed by atoms with Crippen molar-refractivity contribution in [1.82, 2.24) is 5.32 Å². The molecule has 0 radical (unpaired) electrons. The summed E-state index contributed by atoms with van der Waals surface area (Å²) < 4.78 is 28.4. The van der Waals surface area contributed by atoms with Crippen LogP contribution < -0.4 is 15.2 Å². The van der Waals surface area contributed by atoms with Gasteiger partial charge in [0.25, 0.3) is 5.91 Å². The van der Waals surface area contributed by atoms with Crippen LogP contribution in [0.15, 0.2) is 21.5 Å². The zero-order valence-corrected chi connectivity index (χ0v) is 13.8. The third-order valence-electron chi connectivity index (χ3n) is 2.45. The molecule has 0 heterocycles. The van der Waals surface area contributed by atoms with Crippen LogP contribution in [0.4, 0.5) is 0 Å². The Morgan fingerprint density at radius 1 is 1.45 bits per heavy atom. The van der Waals surface area contributed by atoms with Gasteiger partial charge in [-0.3, -0.25) is 4.79 Å². The monoisotopic (exact) mass is 364 g/mol. The Morgan fingerprint density at radius 2 is 2.05 bits per heavy atom. The maximum absolute atomic E-state index is 12.0. The predicted molar refractivity (Wildman–Crippen MR) is 79.2 cm³/mol. The molecule has 112 valence electrons. The molecule has 0 aliphatic heterocycles. The van der Waals surface area contributed by atoms with Gasteiger partial charge in [-0.15, -0.1) is 0 Å². The first kappa shape index (κ1) is 16.9. The molecule has 0 atom stereocenters. The first-order valence-corrected chi connectivity index (χ1v) is 8.19. The summed E-state index contributed by atoms with van der Waals surface area (Å²) in [6, 6.07) is 2.69. The van der Waals surface area contributed by atoms with Gasteiger partial charge in [-0.05, 0) is 34.0 Å². The van der Waals surface area contributed by atoms with E-state index in [4.69, 9.17) is 9.88 Å². The van der Waals surface area contributed by atoms with E-state index >= 15 is 0 Å². The average molecular weight is 365 g/mol. The third kappa shape index (κ3) is 4.19. The fraction of sp³-hybridized carbons (Fsp3) is 0.417. The van der Waals surface area contributed by atoms with Gasteiger partial charge >= 0.3 is 0 Å². The molecule has 0 spiro atoms. The van der Waals surface area contributed by atoms with Crippen molar-refractivity contribution >= 4 is 31.9 Å². The zero-order valence-electron chi connectivity index (χ0n) is 11.4. The number of hydrogen-bond acceptors (Lipinski definition) is 4. The Morgan fingerprint density at radius 3 is 2.50 bits per heavy atom. The van der Waals surface area contributed by atoms with E-state index in [1.807, 2.05) is 13.8 Å². The molecule has 6 nitrogen and oxygen atoms in total. The largest absolute Gasteiger partial charge is 0.494 e. The average Bonchev–Trinajstić information content (AvgIpc) is 2.33. The van der Waals surface area contributed by atoms with Crippen LogP contribution in [0.3, 0.4) is 0 Å². The summed E-state index contributed by atoms with van der Waals surface area (Å²) in [4.78, 5) is 11.7. The van der Waals surface area contributed by atoms with Crippen LogP contribution in [-0.2, 0) is 10.0 Å². The van der Waals surface area contributed by atoms with Gasteiger partial charge in [0.1, 0.15) is 4.90 Å². The van der Waals surface area contributed by atoms with Gasteiger partial charge in [0, 0.05) is 12.1 Å². The number of benzene rings is 1. The number of methoxy groups -OCH3 is 1. The molecule has 1 aromatic rings. The molecule has 3 N–H and O–H groups in total. The lowest BCUT2D eigenvalue weighted by Gasteiger charge is -2.12. The van der Waals surface area contributed by atoms with Crippen molar-refractivity contribution in [1.29, 1.82) is 0 Å². The molecular weight excluding hydrogens is 348 g/mol. The van der Waals surface area contributed by atoms with Gasteiger partial charge < -0.3 is 10.1 Å². The Kier molecular flexibility index (Phi) is 5.55. The van der Waals surface area contributed by atoms with E-state index in [9.17, 15) is 13.2 Å². The highest BCUT2D eigenvalue weighted by molar-refractivity contribution is 9.10. The molecule has 1 aromatic carbocycles. The molecule has 0 bridgehead atoms. The van der Waals surface area contributed by atoms with Gasteiger partial charge in [-0.2, -0.15) is 0 Å². The zero-order chi connectivity index (χ0) is 15.5. The normalized spacial score (nSPS) is 11.5. The van der Waals surface area contributed by atoms with E-state index in [-0.39, 0.29) is 22.1 Å². The van der Waals surface area contributed by atoms with Crippen molar-refractivity contribution < 1.29 is 17.9 Å². The van der Waals surface area contributed by atoms with Gasteiger partial charge in [0.05, 0.1) is 11.6 Å². The van der Waals surface area contributed by atoms with Crippen molar-refractivity contribution in [2.75, 3.05) is 13.7 Å². The number of sulfonamides is 1. The van der Waals surface area contributed by atoms with Crippen molar-refractivity contribution in [2.45, 2.75) is 18.7 Å². The van der Waals surface area contributed by atoms with Gasteiger partial charge in [0.2, 0.25) is 10.0 Å². The van der Waals surface area contributed by atoms with Crippen LogP contribution in [0.2, 0.25) is 0 Å². The molecule has 1 amide bonds. The summed E-state index contributed by atoms with van der Waals surface area (Å²) in [5, 5.41) is 7.84. The minimum absolute atomic E-state index is 0.0768. The summed E-state index contributed by atoms with van der Waals surface area (Å²) in [6.45, 7) is 4.41. The van der Waals surface area contributed by atoms with Crippen LogP contribution in [0.25, 0.3) is 0 Å². The predicted octanol–water partition coefficient (Wildman–Crippen LogP) is 1.49. The summed E-state index contributed by atoms with van der Waals surface area (Å²) in [6.07, 6.45) is 0. The molecule has 0 fully saturated rings. The van der Waals surface area contributed by atoms with E-state index in [0.717, 1.165) is 0 Å². The number of carbonyl (C=O) groups excluding carboxylic acids is 1. The van der Waals surface area contributed by atoms with E-state index < -0.39 is 10.0 Å². The van der Waals surface area contributed by atoms with Crippen LogP contribution in [-0.4, -0.2) is 28.0 Å². The number of halogens is 1. The fourth-order valence-corrected chi connectivity index (χ4v) is 3.00. The molecule has 0 saturated heterocycles. The standard InChI is InChI=1S/C12H17BrN2O4S/c1-7(2)6-15-12(16)8-4-9(13)11(19-3)10(5-8)20(14,17)18/h4-5,7H,6H2,1-3H3,(H,15,16)(H2,14,17,18). The smallest absolute Gasteiger partial charge is 0.251 e. The number of nitrogens with one attached hydrogen (secondary N) is 1. The second-order valence-electron chi connectivity index (χ2n) is 4.64. The lowest BCUT2D eigenvalue weighted by molar-refractivity contribution is 0.0948. The molecule has 0 aliphatic carbocycles.